The summed E-state index contributed by atoms with van der Waals surface area (Å²) in [6.07, 6.45) is 1.68. The molecule has 0 bridgehead atoms. The minimum Gasteiger partial charge on any atom is -0.445 e. The molecule has 4 nitrogen and oxygen atoms in total. The topological polar surface area (TPSA) is 60.4 Å². The van der Waals surface area contributed by atoms with Crippen LogP contribution < -0.4 is 0 Å². The van der Waals surface area contributed by atoms with Crippen LogP contribution in [0.1, 0.15) is 59.9 Å². The van der Waals surface area contributed by atoms with Crippen LogP contribution in [0.4, 0.5) is 0 Å². The standard InChI is InChI=1S/C17H20O4/c1-4-5-6-11-7-8-12-13(9-11)15(19)16(14(12)18)21-17(20)10(2)3/h7-10,16H,4-6H2,1-3H3. The van der Waals surface area contributed by atoms with Gasteiger partial charge in [-0.05, 0) is 24.5 Å². The Morgan fingerprint density at radius 3 is 2.48 bits per heavy atom. The highest BCUT2D eigenvalue weighted by molar-refractivity contribution is 6.29. The maximum atomic E-state index is 12.3. The fourth-order valence-corrected chi connectivity index (χ4v) is 2.31. The van der Waals surface area contributed by atoms with E-state index in [1.807, 2.05) is 6.07 Å². The maximum Gasteiger partial charge on any atom is 0.309 e. The first-order valence-corrected chi connectivity index (χ1v) is 7.37. The van der Waals surface area contributed by atoms with Crippen molar-refractivity contribution in [1.82, 2.24) is 0 Å². The molecule has 1 aromatic rings. The monoisotopic (exact) mass is 288 g/mol. The lowest BCUT2D eigenvalue weighted by Crippen LogP contribution is -2.30. The van der Waals surface area contributed by atoms with Crippen LogP contribution in [-0.4, -0.2) is 23.6 Å². The molecule has 0 N–H and O–H groups in total. The molecule has 0 radical (unpaired) electrons. The van der Waals surface area contributed by atoms with Crippen molar-refractivity contribution in [3.05, 3.63) is 34.9 Å². The highest BCUT2D eigenvalue weighted by atomic mass is 16.6. The molecule has 0 spiro atoms. The summed E-state index contributed by atoms with van der Waals surface area (Å²) in [5.74, 6) is -1.71. The number of hydrogen-bond acceptors (Lipinski definition) is 4. The van der Waals surface area contributed by atoms with E-state index in [1.165, 1.54) is 0 Å². The van der Waals surface area contributed by atoms with Crippen molar-refractivity contribution in [2.75, 3.05) is 0 Å². The Balaban J connectivity index is 2.23. The molecule has 0 amide bonds. The van der Waals surface area contributed by atoms with Gasteiger partial charge in [0.1, 0.15) is 0 Å². The van der Waals surface area contributed by atoms with Crippen LogP contribution >= 0.6 is 0 Å². The van der Waals surface area contributed by atoms with Gasteiger partial charge in [-0.2, -0.15) is 0 Å². The first kappa shape index (κ1) is 15.4. The van der Waals surface area contributed by atoms with Gasteiger partial charge in [-0.3, -0.25) is 14.4 Å². The minimum absolute atomic E-state index is 0.363. The number of rotatable bonds is 5. The average molecular weight is 288 g/mol. The van der Waals surface area contributed by atoms with Crippen molar-refractivity contribution in [1.29, 1.82) is 0 Å². The molecule has 0 saturated carbocycles. The summed E-state index contributed by atoms with van der Waals surface area (Å²) in [4.78, 5) is 36.1. The van der Waals surface area contributed by atoms with E-state index in [9.17, 15) is 14.4 Å². The zero-order valence-electron chi connectivity index (χ0n) is 12.6. The second kappa shape index (κ2) is 6.20. The van der Waals surface area contributed by atoms with Gasteiger partial charge in [-0.15, -0.1) is 0 Å². The number of esters is 1. The van der Waals surface area contributed by atoms with Crippen molar-refractivity contribution in [3.8, 4) is 0 Å². The second-order valence-corrected chi connectivity index (χ2v) is 5.68. The van der Waals surface area contributed by atoms with Gasteiger partial charge in [0.15, 0.2) is 0 Å². The lowest BCUT2D eigenvalue weighted by Gasteiger charge is -2.10. The summed E-state index contributed by atoms with van der Waals surface area (Å²) >= 11 is 0. The van der Waals surface area contributed by atoms with E-state index in [0.29, 0.717) is 11.1 Å². The molecule has 4 heteroatoms. The number of fused-ring (bicyclic) bond motifs is 1. The van der Waals surface area contributed by atoms with Gasteiger partial charge in [0.2, 0.25) is 17.7 Å². The molecule has 0 saturated heterocycles. The summed E-state index contributed by atoms with van der Waals surface area (Å²) in [5, 5.41) is 0. The van der Waals surface area contributed by atoms with E-state index in [0.717, 1.165) is 24.8 Å². The van der Waals surface area contributed by atoms with Crippen molar-refractivity contribution in [2.24, 2.45) is 5.92 Å². The van der Waals surface area contributed by atoms with Crippen molar-refractivity contribution in [3.63, 3.8) is 0 Å². The summed E-state index contributed by atoms with van der Waals surface area (Å²) in [7, 11) is 0. The van der Waals surface area contributed by atoms with Gasteiger partial charge >= 0.3 is 5.97 Å². The normalized spacial score (nSPS) is 17.2. The Hall–Kier alpha value is -1.97. The smallest absolute Gasteiger partial charge is 0.309 e. The predicted octanol–water partition coefficient (Wildman–Crippen LogP) is 2.98. The molecule has 2 rings (SSSR count). The Morgan fingerprint density at radius 1 is 1.19 bits per heavy atom. The molecule has 0 fully saturated rings. The van der Waals surface area contributed by atoms with Crippen molar-refractivity contribution in [2.45, 2.75) is 46.1 Å². The van der Waals surface area contributed by atoms with Gasteiger partial charge in [-0.25, -0.2) is 0 Å². The number of Topliss-reactive ketones (excluding diaryl/α,β-unsaturated/α-hetero) is 2. The average Bonchev–Trinajstić information content (AvgIpc) is 2.69. The lowest BCUT2D eigenvalue weighted by atomic mass is 10.0. The Kier molecular flexibility index (Phi) is 4.56. The van der Waals surface area contributed by atoms with Crippen molar-refractivity contribution >= 4 is 17.5 Å². The molecule has 21 heavy (non-hydrogen) atoms. The Bertz CT molecular complexity index is 586. The molecule has 112 valence electrons. The fourth-order valence-electron chi connectivity index (χ4n) is 2.31. The first-order chi connectivity index (χ1) is 9.95. The zero-order chi connectivity index (χ0) is 15.6. The number of carbonyl (C=O) groups is 3. The number of ketones is 2. The largest absolute Gasteiger partial charge is 0.445 e. The van der Waals surface area contributed by atoms with Crippen LogP contribution in [0, 0.1) is 5.92 Å². The van der Waals surface area contributed by atoms with Crippen LogP contribution in [0.2, 0.25) is 0 Å². The van der Waals surface area contributed by atoms with Gasteiger partial charge in [0.25, 0.3) is 0 Å². The van der Waals surface area contributed by atoms with Crippen LogP contribution in [0.3, 0.4) is 0 Å². The molecule has 0 aliphatic heterocycles. The Morgan fingerprint density at radius 2 is 1.86 bits per heavy atom. The number of unbranched alkanes of at least 4 members (excludes halogenated alkanes) is 1. The molecule has 1 atom stereocenters. The summed E-state index contributed by atoms with van der Waals surface area (Å²) in [6, 6.07) is 5.30. The highest BCUT2D eigenvalue weighted by Crippen LogP contribution is 2.26. The van der Waals surface area contributed by atoms with Gasteiger partial charge in [-0.1, -0.05) is 39.3 Å². The van der Waals surface area contributed by atoms with E-state index >= 15 is 0 Å². The molecule has 1 aliphatic rings. The van der Waals surface area contributed by atoms with Crippen molar-refractivity contribution < 1.29 is 19.1 Å². The third kappa shape index (κ3) is 3.04. The highest BCUT2D eigenvalue weighted by Gasteiger charge is 2.41. The summed E-state index contributed by atoms with van der Waals surface area (Å²) < 4.78 is 5.06. The van der Waals surface area contributed by atoms with E-state index in [-0.39, 0.29) is 5.92 Å². The number of aryl methyl sites for hydroxylation is 1. The second-order valence-electron chi connectivity index (χ2n) is 5.68. The molecule has 1 aromatic carbocycles. The third-order valence-corrected chi connectivity index (χ3v) is 3.62. The van der Waals surface area contributed by atoms with E-state index in [4.69, 9.17) is 4.74 Å². The SMILES string of the molecule is CCCCc1ccc2c(c1)C(=O)C(OC(=O)C(C)C)C2=O. The van der Waals surface area contributed by atoms with E-state index in [1.54, 1.807) is 26.0 Å². The quantitative estimate of drug-likeness (QED) is 0.617. The molecular weight excluding hydrogens is 268 g/mol. The number of ether oxygens (including phenoxy) is 1. The molecule has 0 heterocycles. The molecule has 1 unspecified atom stereocenters. The summed E-state index contributed by atoms with van der Waals surface area (Å²) in [5.41, 5.74) is 1.78. The van der Waals surface area contributed by atoms with Crippen LogP contribution in [-0.2, 0) is 16.0 Å². The van der Waals surface area contributed by atoms with Crippen LogP contribution in [0.25, 0.3) is 0 Å². The molecule has 0 aromatic heterocycles. The van der Waals surface area contributed by atoms with Gasteiger partial charge < -0.3 is 4.74 Å². The summed E-state index contributed by atoms with van der Waals surface area (Å²) in [6.45, 7) is 5.44. The van der Waals surface area contributed by atoms with Gasteiger partial charge in [0, 0.05) is 11.1 Å². The predicted molar refractivity (Wildman–Crippen MR) is 78.4 cm³/mol. The van der Waals surface area contributed by atoms with Crippen LogP contribution in [0.15, 0.2) is 18.2 Å². The molecular formula is C17H20O4. The Labute approximate surface area is 124 Å². The number of carbonyl (C=O) groups excluding carboxylic acids is 3. The number of hydrogen-bond donors (Lipinski definition) is 0. The maximum absolute atomic E-state index is 12.3. The number of benzene rings is 1. The minimum atomic E-state index is -1.30. The third-order valence-electron chi connectivity index (χ3n) is 3.62. The van der Waals surface area contributed by atoms with E-state index < -0.39 is 23.6 Å². The van der Waals surface area contributed by atoms with Crippen LogP contribution in [0.5, 0.6) is 0 Å². The fraction of sp³-hybridized carbons (Fsp3) is 0.471. The lowest BCUT2D eigenvalue weighted by molar-refractivity contribution is -0.148. The van der Waals surface area contributed by atoms with E-state index in [2.05, 4.69) is 6.92 Å². The first-order valence-electron chi connectivity index (χ1n) is 7.37. The van der Waals surface area contributed by atoms with Gasteiger partial charge in [0.05, 0.1) is 5.92 Å². The zero-order valence-corrected chi connectivity index (χ0v) is 12.6. The molecule has 1 aliphatic carbocycles.